The first-order valence-electron chi connectivity index (χ1n) is 12.8. The van der Waals surface area contributed by atoms with Crippen LogP contribution in [0, 0.1) is 6.92 Å². The topological polar surface area (TPSA) is 87.5 Å². The molecule has 1 aliphatic carbocycles. The molecule has 0 radical (unpaired) electrons. The van der Waals surface area contributed by atoms with E-state index in [0.29, 0.717) is 59.0 Å². The van der Waals surface area contributed by atoms with Gasteiger partial charge in [-0.1, -0.05) is 49.3 Å². The summed E-state index contributed by atoms with van der Waals surface area (Å²) in [7, 11) is 0. The number of ether oxygens (including phenoxy) is 1. The number of aromatic nitrogens is 2. The molecule has 2 amide bonds. The predicted octanol–water partition coefficient (Wildman–Crippen LogP) is 3.82. The van der Waals surface area contributed by atoms with Gasteiger partial charge in [0.1, 0.15) is 15.8 Å². The van der Waals surface area contributed by atoms with Crippen molar-refractivity contribution in [1.29, 1.82) is 0 Å². The molecule has 1 saturated carbocycles. The lowest BCUT2D eigenvalue weighted by Gasteiger charge is -2.35. The van der Waals surface area contributed by atoms with Gasteiger partial charge in [0.2, 0.25) is 0 Å². The molecule has 2 saturated heterocycles. The van der Waals surface area contributed by atoms with E-state index >= 15 is 0 Å². The number of hydrogen-bond acceptors (Lipinski definition) is 8. The fourth-order valence-electron chi connectivity index (χ4n) is 5.25. The van der Waals surface area contributed by atoms with Crippen molar-refractivity contribution in [2.75, 3.05) is 37.7 Å². The molecule has 5 rings (SSSR count). The molecule has 0 N–H and O–H groups in total. The van der Waals surface area contributed by atoms with Crippen LogP contribution in [0.5, 0.6) is 0 Å². The second kappa shape index (κ2) is 10.8. The number of carbonyl (C=O) groups excluding carboxylic acids is 2. The minimum Gasteiger partial charge on any atom is -0.450 e. The van der Waals surface area contributed by atoms with E-state index in [-0.39, 0.29) is 23.6 Å². The number of nitrogens with zero attached hydrogens (tertiary/aromatic N) is 5. The van der Waals surface area contributed by atoms with E-state index < -0.39 is 0 Å². The fraction of sp³-hybridized carbons (Fsp3) is 0.500. The van der Waals surface area contributed by atoms with Gasteiger partial charge in [0.05, 0.1) is 17.1 Å². The van der Waals surface area contributed by atoms with Gasteiger partial charge in [-0.2, -0.15) is 0 Å². The molecule has 2 aromatic rings. The van der Waals surface area contributed by atoms with E-state index in [9.17, 15) is 14.4 Å². The van der Waals surface area contributed by atoms with Crippen LogP contribution < -0.4 is 10.5 Å². The lowest BCUT2D eigenvalue weighted by Crippen LogP contribution is -2.49. The summed E-state index contributed by atoms with van der Waals surface area (Å²) in [5.41, 5.74) is 1.57. The van der Waals surface area contributed by atoms with Crippen LogP contribution in [0.4, 0.5) is 10.6 Å². The van der Waals surface area contributed by atoms with Crippen molar-refractivity contribution < 1.29 is 14.3 Å². The van der Waals surface area contributed by atoms with Crippen LogP contribution in [0.25, 0.3) is 11.7 Å². The van der Waals surface area contributed by atoms with Crippen molar-refractivity contribution >= 4 is 57.8 Å². The molecular formula is C26H31N5O4S2. The molecule has 0 aromatic carbocycles. The van der Waals surface area contributed by atoms with Gasteiger partial charge in [-0.25, -0.2) is 9.78 Å². The molecule has 0 unspecified atom stereocenters. The Labute approximate surface area is 225 Å². The van der Waals surface area contributed by atoms with Gasteiger partial charge in [-0.05, 0) is 44.4 Å². The van der Waals surface area contributed by atoms with E-state index in [2.05, 4.69) is 0 Å². The maximum atomic E-state index is 13.8. The number of anilines is 1. The number of thiocarbonyl (C=S) groups is 1. The number of carbonyl (C=O) groups is 2. The second-order valence-corrected chi connectivity index (χ2v) is 11.2. The lowest BCUT2D eigenvalue weighted by molar-refractivity contribution is -0.124. The third-order valence-corrected chi connectivity index (χ3v) is 8.54. The highest BCUT2D eigenvalue weighted by atomic mass is 32.2. The van der Waals surface area contributed by atoms with Crippen LogP contribution >= 0.6 is 24.0 Å². The van der Waals surface area contributed by atoms with E-state index in [0.717, 1.165) is 31.2 Å². The Bertz CT molecular complexity index is 1330. The van der Waals surface area contributed by atoms with Gasteiger partial charge in [-0.3, -0.25) is 18.9 Å². The summed E-state index contributed by atoms with van der Waals surface area (Å²) in [6, 6.07) is 3.86. The maximum absolute atomic E-state index is 13.8. The van der Waals surface area contributed by atoms with Gasteiger partial charge in [0.15, 0.2) is 0 Å². The molecule has 4 heterocycles. The van der Waals surface area contributed by atoms with E-state index in [4.69, 9.17) is 21.9 Å². The average Bonchev–Trinajstić information content (AvgIpc) is 3.19. The largest absolute Gasteiger partial charge is 0.450 e. The predicted molar refractivity (Wildman–Crippen MR) is 149 cm³/mol. The smallest absolute Gasteiger partial charge is 0.409 e. The Balaban J connectivity index is 1.52. The first-order chi connectivity index (χ1) is 17.9. The van der Waals surface area contributed by atoms with Gasteiger partial charge in [-0.15, -0.1) is 0 Å². The third-order valence-electron chi connectivity index (χ3n) is 7.21. The number of fused-ring (bicyclic) bond motifs is 1. The Hall–Kier alpha value is -2.92. The fourth-order valence-corrected chi connectivity index (χ4v) is 6.63. The normalized spacial score (nSPS) is 20.4. The van der Waals surface area contributed by atoms with Crippen LogP contribution in [0.2, 0.25) is 0 Å². The summed E-state index contributed by atoms with van der Waals surface area (Å²) in [5.74, 6) is 0.388. The Kier molecular flexibility index (Phi) is 7.52. The van der Waals surface area contributed by atoms with E-state index in [1.165, 1.54) is 22.6 Å². The van der Waals surface area contributed by atoms with Crippen molar-refractivity contribution in [3.8, 4) is 0 Å². The molecule has 3 fully saturated rings. The lowest BCUT2D eigenvalue weighted by atomic mass is 9.94. The Morgan fingerprint density at radius 3 is 2.62 bits per heavy atom. The van der Waals surface area contributed by atoms with Crippen molar-refractivity contribution in [1.82, 2.24) is 19.2 Å². The van der Waals surface area contributed by atoms with Gasteiger partial charge in [0, 0.05) is 38.4 Å². The highest BCUT2D eigenvalue weighted by molar-refractivity contribution is 8.26. The Morgan fingerprint density at radius 1 is 1.19 bits per heavy atom. The Morgan fingerprint density at radius 2 is 1.92 bits per heavy atom. The number of piperazine rings is 1. The first kappa shape index (κ1) is 25.7. The molecule has 196 valence electrons. The van der Waals surface area contributed by atoms with Crippen LogP contribution in [-0.2, 0) is 9.53 Å². The standard InChI is InChI=1S/C26H31N5O4S2/c1-3-35-25(34)29-14-12-28(13-15-29)22-19(23(32)30-11-7-8-17(2)21(30)27-22)16-20-24(33)31(26(36)37-20)18-9-5-4-6-10-18/h7-8,11,16,18H,3-6,9-10,12-15H2,1-2H3/b20-16+. The maximum Gasteiger partial charge on any atom is 0.409 e. The van der Waals surface area contributed by atoms with Gasteiger partial charge < -0.3 is 14.5 Å². The minimum atomic E-state index is -0.337. The summed E-state index contributed by atoms with van der Waals surface area (Å²) in [6.45, 7) is 5.93. The molecule has 0 atom stereocenters. The molecular weight excluding hydrogens is 510 g/mol. The van der Waals surface area contributed by atoms with Gasteiger partial charge >= 0.3 is 6.09 Å². The number of pyridine rings is 1. The van der Waals surface area contributed by atoms with E-state index in [1.54, 1.807) is 29.0 Å². The van der Waals surface area contributed by atoms with Gasteiger partial charge in [0.25, 0.3) is 11.5 Å². The summed E-state index contributed by atoms with van der Waals surface area (Å²) >= 11 is 6.86. The summed E-state index contributed by atoms with van der Waals surface area (Å²) in [5, 5.41) is 0. The summed E-state index contributed by atoms with van der Waals surface area (Å²) < 4.78 is 7.22. The highest BCUT2D eigenvalue weighted by Gasteiger charge is 2.38. The van der Waals surface area contributed by atoms with Crippen LogP contribution in [0.3, 0.4) is 0 Å². The zero-order valence-corrected chi connectivity index (χ0v) is 22.8. The molecule has 3 aliphatic rings. The van der Waals surface area contributed by atoms with Crippen molar-refractivity contribution in [3.63, 3.8) is 0 Å². The van der Waals surface area contributed by atoms with Crippen LogP contribution in [-0.4, -0.2) is 74.3 Å². The SMILES string of the molecule is CCOC(=O)N1CCN(c2nc3c(C)cccn3c(=O)c2/C=C2/SC(=S)N(C3CCCCC3)C2=O)CC1. The molecule has 9 nitrogen and oxygen atoms in total. The number of aryl methyl sites for hydroxylation is 1. The monoisotopic (exact) mass is 541 g/mol. The highest BCUT2D eigenvalue weighted by Crippen LogP contribution is 2.38. The number of amides is 2. The van der Waals surface area contributed by atoms with Crippen LogP contribution in [0.1, 0.15) is 50.2 Å². The summed E-state index contributed by atoms with van der Waals surface area (Å²) in [6.07, 6.45) is 8.31. The molecule has 2 aliphatic heterocycles. The molecule has 0 bridgehead atoms. The van der Waals surface area contributed by atoms with Crippen molar-refractivity contribution in [3.05, 3.63) is 44.7 Å². The summed E-state index contributed by atoms with van der Waals surface area (Å²) in [4.78, 5) is 50.2. The molecule has 2 aromatic heterocycles. The average molecular weight is 542 g/mol. The molecule has 11 heteroatoms. The number of thioether (sulfide) groups is 1. The first-order valence-corrected chi connectivity index (χ1v) is 14.1. The number of rotatable bonds is 4. The quantitative estimate of drug-likeness (QED) is 0.427. The second-order valence-electron chi connectivity index (χ2n) is 9.56. The zero-order valence-electron chi connectivity index (χ0n) is 21.1. The van der Waals surface area contributed by atoms with Crippen molar-refractivity contribution in [2.45, 2.75) is 52.0 Å². The number of hydrogen-bond donors (Lipinski definition) is 0. The molecule has 0 spiro atoms. The molecule has 37 heavy (non-hydrogen) atoms. The van der Waals surface area contributed by atoms with E-state index in [1.807, 2.05) is 24.0 Å². The van der Waals surface area contributed by atoms with Crippen LogP contribution in [0.15, 0.2) is 28.0 Å². The third kappa shape index (κ3) is 4.98. The van der Waals surface area contributed by atoms with Crippen molar-refractivity contribution in [2.24, 2.45) is 0 Å². The minimum absolute atomic E-state index is 0.126. The zero-order chi connectivity index (χ0) is 26.1.